The fourth-order valence-corrected chi connectivity index (χ4v) is 4.91. The average molecular weight is 382 g/mol. The number of aryl methyl sites for hydroxylation is 2. The lowest BCUT2D eigenvalue weighted by Gasteiger charge is -2.35. The summed E-state index contributed by atoms with van der Waals surface area (Å²) in [5.41, 5.74) is 0.906. The molecule has 1 fully saturated rings. The Hall–Kier alpha value is -1.38. The van der Waals surface area contributed by atoms with Crippen LogP contribution in [0.3, 0.4) is 0 Å². The van der Waals surface area contributed by atoms with Crippen molar-refractivity contribution in [1.82, 2.24) is 14.9 Å². The zero-order chi connectivity index (χ0) is 18.1. The second-order valence-electron chi connectivity index (χ2n) is 6.52. The number of nitrogens with zero attached hydrogens (tertiary/aromatic N) is 2. The van der Waals surface area contributed by atoms with Gasteiger partial charge >= 0.3 is 0 Å². The van der Waals surface area contributed by atoms with Crippen molar-refractivity contribution in [3.05, 3.63) is 26.6 Å². The van der Waals surface area contributed by atoms with Crippen molar-refractivity contribution in [1.29, 1.82) is 0 Å². The summed E-state index contributed by atoms with van der Waals surface area (Å²) in [6, 6.07) is 0. The van der Waals surface area contributed by atoms with Crippen LogP contribution in [0.1, 0.15) is 30.1 Å². The van der Waals surface area contributed by atoms with Crippen LogP contribution in [0.4, 0.5) is 0 Å². The first-order valence-electron chi connectivity index (χ1n) is 8.35. The first-order chi connectivity index (χ1) is 11.8. The molecule has 0 saturated carbocycles. The van der Waals surface area contributed by atoms with E-state index in [0.29, 0.717) is 35.8 Å². The molecule has 0 unspecified atom stereocenters. The number of hydrogen-bond donors (Lipinski definition) is 1. The maximum atomic E-state index is 12.4. The molecular formula is C17H23N3O3S2. The Bertz CT molecular complexity index is 836. The minimum Gasteiger partial charge on any atom is -0.372 e. The summed E-state index contributed by atoms with van der Waals surface area (Å²) in [4.78, 5) is 35.8. The highest BCUT2D eigenvalue weighted by Gasteiger charge is 2.25. The van der Waals surface area contributed by atoms with Crippen molar-refractivity contribution in [2.45, 2.75) is 45.7 Å². The molecule has 1 aliphatic heterocycles. The summed E-state index contributed by atoms with van der Waals surface area (Å²) in [6.07, 6.45) is 0.145. The van der Waals surface area contributed by atoms with Crippen LogP contribution in [0.15, 0.2) is 4.79 Å². The van der Waals surface area contributed by atoms with Crippen LogP contribution in [0.25, 0.3) is 10.2 Å². The van der Waals surface area contributed by atoms with Gasteiger partial charge in [-0.1, -0.05) is 0 Å². The van der Waals surface area contributed by atoms with Gasteiger partial charge in [0.1, 0.15) is 10.7 Å². The minimum atomic E-state index is -0.0930. The molecule has 0 bridgehead atoms. The van der Waals surface area contributed by atoms with Crippen LogP contribution in [-0.4, -0.2) is 51.8 Å². The number of rotatable bonds is 4. The van der Waals surface area contributed by atoms with Crippen LogP contribution >= 0.6 is 23.1 Å². The van der Waals surface area contributed by atoms with Gasteiger partial charge in [-0.2, -0.15) is 0 Å². The summed E-state index contributed by atoms with van der Waals surface area (Å²) in [7, 11) is 0. The molecule has 1 amide bonds. The fourth-order valence-electron chi connectivity index (χ4n) is 3.08. The number of ether oxygens (including phenoxy) is 1. The third kappa shape index (κ3) is 4.07. The van der Waals surface area contributed by atoms with Gasteiger partial charge in [0.2, 0.25) is 5.91 Å². The summed E-state index contributed by atoms with van der Waals surface area (Å²) < 4.78 is 5.66. The van der Waals surface area contributed by atoms with Crippen LogP contribution in [0.5, 0.6) is 0 Å². The van der Waals surface area contributed by atoms with Gasteiger partial charge in [-0.15, -0.1) is 23.1 Å². The number of aromatic amines is 1. The number of nitrogens with one attached hydrogen (secondary N) is 1. The topological polar surface area (TPSA) is 75.3 Å². The molecule has 3 rings (SSSR count). The second-order valence-corrected chi connectivity index (χ2v) is 8.71. The quantitative estimate of drug-likeness (QED) is 0.881. The molecule has 0 spiro atoms. The van der Waals surface area contributed by atoms with Gasteiger partial charge in [-0.05, 0) is 33.3 Å². The van der Waals surface area contributed by atoms with Crippen LogP contribution in [0, 0.1) is 13.8 Å². The van der Waals surface area contributed by atoms with E-state index < -0.39 is 0 Å². The molecule has 8 heteroatoms. The van der Waals surface area contributed by atoms with Crippen molar-refractivity contribution < 1.29 is 9.53 Å². The lowest BCUT2D eigenvalue weighted by atomic mass is 10.2. The Kier molecular flexibility index (Phi) is 5.50. The number of carbonyl (C=O) groups excluding carboxylic acids is 1. The molecule has 1 N–H and O–H groups in total. The highest BCUT2D eigenvalue weighted by Crippen LogP contribution is 2.26. The van der Waals surface area contributed by atoms with Gasteiger partial charge in [0.15, 0.2) is 0 Å². The van der Waals surface area contributed by atoms with E-state index in [2.05, 4.69) is 9.97 Å². The number of H-pyrrole nitrogens is 1. The number of thiophene rings is 1. The second kappa shape index (κ2) is 7.47. The number of aromatic nitrogens is 2. The number of thioether (sulfide) groups is 1. The monoisotopic (exact) mass is 381 g/mol. The lowest BCUT2D eigenvalue weighted by Crippen LogP contribution is -2.48. The molecule has 3 heterocycles. The predicted molar refractivity (Wildman–Crippen MR) is 102 cm³/mol. The lowest BCUT2D eigenvalue weighted by molar-refractivity contribution is -0.140. The van der Waals surface area contributed by atoms with E-state index >= 15 is 0 Å². The largest absolute Gasteiger partial charge is 0.372 e. The fraction of sp³-hybridized carbons (Fsp3) is 0.588. The first kappa shape index (κ1) is 18.4. The van der Waals surface area contributed by atoms with E-state index in [1.54, 1.807) is 11.3 Å². The van der Waals surface area contributed by atoms with Crippen molar-refractivity contribution in [3.63, 3.8) is 0 Å². The molecule has 25 heavy (non-hydrogen) atoms. The van der Waals surface area contributed by atoms with Crippen molar-refractivity contribution >= 4 is 39.2 Å². The molecular weight excluding hydrogens is 358 g/mol. The Morgan fingerprint density at radius 2 is 2.04 bits per heavy atom. The summed E-state index contributed by atoms with van der Waals surface area (Å²) >= 11 is 3.02. The van der Waals surface area contributed by atoms with Gasteiger partial charge in [-0.3, -0.25) is 9.59 Å². The van der Waals surface area contributed by atoms with Crippen LogP contribution < -0.4 is 5.56 Å². The van der Waals surface area contributed by atoms with E-state index in [-0.39, 0.29) is 23.7 Å². The number of amides is 1. The average Bonchev–Trinajstić information content (AvgIpc) is 2.81. The molecule has 0 radical (unpaired) electrons. The number of fused-ring (bicyclic) bond motifs is 1. The number of carbonyl (C=O) groups is 1. The molecule has 0 aliphatic carbocycles. The van der Waals surface area contributed by atoms with Crippen molar-refractivity contribution in [3.8, 4) is 0 Å². The van der Waals surface area contributed by atoms with E-state index in [1.165, 1.54) is 11.8 Å². The highest BCUT2D eigenvalue weighted by molar-refractivity contribution is 7.99. The maximum absolute atomic E-state index is 12.4. The first-order valence-corrected chi connectivity index (χ1v) is 10.3. The van der Waals surface area contributed by atoms with Gasteiger partial charge in [0.25, 0.3) is 5.56 Å². The third-order valence-electron chi connectivity index (χ3n) is 4.32. The molecule has 6 nitrogen and oxygen atoms in total. The van der Waals surface area contributed by atoms with Crippen molar-refractivity contribution in [2.24, 2.45) is 0 Å². The Morgan fingerprint density at radius 3 is 2.72 bits per heavy atom. The van der Waals surface area contributed by atoms with E-state index in [0.717, 1.165) is 15.3 Å². The van der Waals surface area contributed by atoms with Crippen LogP contribution in [-0.2, 0) is 15.3 Å². The zero-order valence-corrected chi connectivity index (χ0v) is 16.6. The summed E-state index contributed by atoms with van der Waals surface area (Å²) in [6.45, 7) is 9.19. The smallest absolute Gasteiger partial charge is 0.259 e. The molecule has 1 saturated heterocycles. The predicted octanol–water partition coefficient (Wildman–Crippen LogP) is 2.47. The number of morpholine rings is 1. The summed E-state index contributed by atoms with van der Waals surface area (Å²) in [5.74, 6) is 1.63. The van der Waals surface area contributed by atoms with Gasteiger partial charge in [0.05, 0.1) is 29.1 Å². The third-order valence-corrected chi connectivity index (χ3v) is 6.35. The normalized spacial score (nSPS) is 21.0. The SMILES string of the molecule is Cc1sc2nc(CSCC(=O)N3C[C@@H](C)O[C@@H](C)C3)[nH]c(=O)c2c1C. The van der Waals surface area contributed by atoms with E-state index in [1.807, 2.05) is 32.6 Å². The Labute approximate surface area is 155 Å². The molecule has 1 aliphatic rings. The Morgan fingerprint density at radius 1 is 1.36 bits per heavy atom. The van der Waals surface area contributed by atoms with Gasteiger partial charge in [-0.25, -0.2) is 4.98 Å². The standard InChI is InChI=1S/C17H23N3O3S2/c1-9-5-20(6-10(2)23-9)14(21)8-24-7-13-18-16(22)15-11(3)12(4)25-17(15)19-13/h9-10H,5-8H2,1-4H3,(H,18,19,22)/t9-,10+. The molecule has 0 aromatic carbocycles. The van der Waals surface area contributed by atoms with Crippen molar-refractivity contribution in [2.75, 3.05) is 18.8 Å². The molecule has 2 atom stereocenters. The molecule has 2 aromatic heterocycles. The highest BCUT2D eigenvalue weighted by atomic mass is 32.2. The minimum absolute atomic E-state index is 0.0726. The maximum Gasteiger partial charge on any atom is 0.259 e. The summed E-state index contributed by atoms with van der Waals surface area (Å²) in [5, 5.41) is 0.684. The van der Waals surface area contributed by atoms with Crippen LogP contribution in [0.2, 0.25) is 0 Å². The van der Waals surface area contributed by atoms with Gasteiger partial charge < -0.3 is 14.6 Å². The molecule has 136 valence electrons. The van der Waals surface area contributed by atoms with E-state index in [4.69, 9.17) is 4.74 Å². The number of hydrogen-bond acceptors (Lipinski definition) is 6. The van der Waals surface area contributed by atoms with Gasteiger partial charge in [0, 0.05) is 18.0 Å². The zero-order valence-electron chi connectivity index (χ0n) is 14.9. The molecule has 2 aromatic rings. The Balaban J connectivity index is 1.61. The van der Waals surface area contributed by atoms with E-state index in [9.17, 15) is 9.59 Å².